The van der Waals surface area contributed by atoms with Crippen LogP contribution in [-0.2, 0) is 16.1 Å². The molecule has 0 saturated carbocycles. The minimum Gasteiger partial charge on any atom is -0.475 e. The summed E-state index contributed by atoms with van der Waals surface area (Å²) >= 11 is 0. The maximum absolute atomic E-state index is 13.8. The number of pyridine rings is 1. The van der Waals surface area contributed by atoms with Gasteiger partial charge >= 0.3 is 12.1 Å². The minimum atomic E-state index is -5.08. The van der Waals surface area contributed by atoms with Crippen LogP contribution in [0.3, 0.4) is 0 Å². The zero-order valence-electron chi connectivity index (χ0n) is 20.1. The topological polar surface area (TPSA) is 118 Å². The van der Waals surface area contributed by atoms with Gasteiger partial charge in [-0.1, -0.05) is 12.1 Å². The molecule has 10 nitrogen and oxygen atoms in total. The van der Waals surface area contributed by atoms with Crippen LogP contribution in [-0.4, -0.2) is 68.1 Å². The molecule has 14 heteroatoms. The molecule has 0 spiro atoms. The van der Waals surface area contributed by atoms with E-state index < -0.39 is 12.1 Å². The third-order valence-electron chi connectivity index (χ3n) is 5.39. The number of aryl methyl sites for hydroxylation is 1. The molecule has 5 rings (SSSR count). The van der Waals surface area contributed by atoms with E-state index in [9.17, 15) is 17.6 Å². The lowest BCUT2D eigenvalue weighted by Crippen LogP contribution is -2.37. The van der Waals surface area contributed by atoms with Crippen LogP contribution in [0.5, 0.6) is 0 Å². The second-order valence-corrected chi connectivity index (χ2v) is 8.17. The van der Waals surface area contributed by atoms with Crippen LogP contribution in [0.2, 0.25) is 0 Å². The molecule has 4 heterocycles. The number of ether oxygens (including phenoxy) is 1. The lowest BCUT2D eigenvalue weighted by molar-refractivity contribution is -0.192. The van der Waals surface area contributed by atoms with Crippen molar-refractivity contribution >= 4 is 28.9 Å². The SMILES string of the molecule is Cc1cccc(CNc2nc(N3CCOCC3)nc3c2ncn3-c2cccc(F)c2)n1.O=C(O)C(F)(F)F. The van der Waals surface area contributed by atoms with E-state index >= 15 is 0 Å². The third kappa shape index (κ3) is 6.51. The second kappa shape index (κ2) is 11.4. The van der Waals surface area contributed by atoms with Crippen LogP contribution in [0.15, 0.2) is 48.8 Å². The van der Waals surface area contributed by atoms with Gasteiger partial charge in [0, 0.05) is 18.8 Å². The number of carboxylic acids is 1. The number of carboxylic acid groups (broad SMARTS) is 1. The smallest absolute Gasteiger partial charge is 0.475 e. The Morgan fingerprint density at radius 1 is 1.11 bits per heavy atom. The summed E-state index contributed by atoms with van der Waals surface area (Å²) in [7, 11) is 0. The first-order chi connectivity index (χ1) is 18.1. The Labute approximate surface area is 213 Å². The number of morpholine rings is 1. The number of anilines is 2. The summed E-state index contributed by atoms with van der Waals surface area (Å²) in [6.45, 7) is 5.13. The summed E-state index contributed by atoms with van der Waals surface area (Å²) in [5.74, 6) is -1.86. The number of nitrogens with one attached hydrogen (secondary N) is 1. The van der Waals surface area contributed by atoms with E-state index in [0.717, 1.165) is 11.4 Å². The Morgan fingerprint density at radius 2 is 1.82 bits per heavy atom. The number of hydrogen-bond donors (Lipinski definition) is 2. The summed E-state index contributed by atoms with van der Waals surface area (Å²) in [4.78, 5) is 29.6. The fourth-order valence-electron chi connectivity index (χ4n) is 3.60. The first-order valence-corrected chi connectivity index (χ1v) is 11.4. The maximum atomic E-state index is 13.8. The van der Waals surface area contributed by atoms with Crippen molar-refractivity contribution < 1.29 is 32.2 Å². The third-order valence-corrected chi connectivity index (χ3v) is 5.39. The molecular formula is C24H23F4N7O3. The molecule has 1 aliphatic heterocycles. The molecule has 0 bridgehead atoms. The molecule has 1 aliphatic rings. The van der Waals surface area contributed by atoms with Crippen molar-refractivity contribution in [2.75, 3.05) is 36.5 Å². The van der Waals surface area contributed by atoms with Gasteiger partial charge in [0.2, 0.25) is 5.95 Å². The summed E-state index contributed by atoms with van der Waals surface area (Å²) in [6.07, 6.45) is -3.44. The number of hydrogen-bond acceptors (Lipinski definition) is 8. The van der Waals surface area contributed by atoms with Crippen molar-refractivity contribution in [2.45, 2.75) is 19.6 Å². The van der Waals surface area contributed by atoms with Crippen molar-refractivity contribution in [3.8, 4) is 5.69 Å². The van der Waals surface area contributed by atoms with Gasteiger partial charge < -0.3 is 20.1 Å². The normalized spacial score (nSPS) is 13.7. The van der Waals surface area contributed by atoms with E-state index in [1.54, 1.807) is 17.0 Å². The molecule has 4 aromatic rings. The van der Waals surface area contributed by atoms with E-state index in [2.05, 4.69) is 20.2 Å². The highest BCUT2D eigenvalue weighted by atomic mass is 19.4. The minimum absolute atomic E-state index is 0.314. The Hall–Kier alpha value is -4.33. The van der Waals surface area contributed by atoms with Gasteiger partial charge in [-0.05, 0) is 37.3 Å². The Morgan fingerprint density at radius 3 is 2.47 bits per heavy atom. The molecule has 1 aromatic carbocycles. The van der Waals surface area contributed by atoms with Crippen LogP contribution < -0.4 is 10.2 Å². The van der Waals surface area contributed by atoms with Crippen LogP contribution in [0.25, 0.3) is 16.9 Å². The van der Waals surface area contributed by atoms with Gasteiger partial charge in [0.05, 0.1) is 31.1 Å². The van der Waals surface area contributed by atoms with Gasteiger partial charge in [0.25, 0.3) is 0 Å². The molecule has 0 aliphatic carbocycles. The quantitative estimate of drug-likeness (QED) is 0.370. The van der Waals surface area contributed by atoms with E-state index in [1.165, 1.54) is 12.1 Å². The van der Waals surface area contributed by atoms with Crippen LogP contribution in [0.1, 0.15) is 11.4 Å². The molecule has 38 heavy (non-hydrogen) atoms. The van der Waals surface area contributed by atoms with E-state index in [-0.39, 0.29) is 5.82 Å². The van der Waals surface area contributed by atoms with Gasteiger partial charge in [-0.15, -0.1) is 0 Å². The molecule has 3 aromatic heterocycles. The number of carbonyl (C=O) groups is 1. The number of fused-ring (bicyclic) bond motifs is 1. The van der Waals surface area contributed by atoms with Gasteiger partial charge in [-0.3, -0.25) is 9.55 Å². The van der Waals surface area contributed by atoms with Crippen LogP contribution in [0, 0.1) is 12.7 Å². The predicted molar refractivity (Wildman–Crippen MR) is 130 cm³/mol. The van der Waals surface area contributed by atoms with Gasteiger partial charge in [0.1, 0.15) is 12.1 Å². The number of halogens is 4. The highest BCUT2D eigenvalue weighted by Gasteiger charge is 2.38. The number of rotatable bonds is 5. The lowest BCUT2D eigenvalue weighted by atomic mass is 10.3. The number of nitrogens with zero attached hydrogens (tertiary/aromatic N) is 6. The highest BCUT2D eigenvalue weighted by Crippen LogP contribution is 2.26. The number of aromatic nitrogens is 5. The largest absolute Gasteiger partial charge is 0.490 e. The van der Waals surface area contributed by atoms with Crippen molar-refractivity contribution in [1.29, 1.82) is 0 Å². The highest BCUT2D eigenvalue weighted by molar-refractivity contribution is 5.85. The van der Waals surface area contributed by atoms with Crippen molar-refractivity contribution in [3.63, 3.8) is 0 Å². The van der Waals surface area contributed by atoms with Crippen LogP contribution >= 0.6 is 0 Å². The Bertz CT molecular complexity index is 1420. The number of alkyl halides is 3. The molecular weight excluding hydrogens is 510 g/mol. The van der Waals surface area contributed by atoms with Gasteiger partial charge in [-0.25, -0.2) is 14.2 Å². The molecule has 200 valence electrons. The molecule has 2 N–H and O–H groups in total. The average Bonchev–Trinajstić information content (AvgIpc) is 3.32. The van der Waals surface area contributed by atoms with E-state index in [1.807, 2.05) is 31.2 Å². The number of benzene rings is 1. The molecule has 0 unspecified atom stereocenters. The fourth-order valence-corrected chi connectivity index (χ4v) is 3.60. The predicted octanol–water partition coefficient (Wildman–Crippen LogP) is 3.74. The first kappa shape index (κ1) is 26.7. The molecule has 0 amide bonds. The second-order valence-electron chi connectivity index (χ2n) is 8.17. The van der Waals surface area contributed by atoms with Crippen molar-refractivity contribution in [1.82, 2.24) is 24.5 Å². The van der Waals surface area contributed by atoms with Crippen LogP contribution in [0.4, 0.5) is 29.3 Å². The molecule has 0 atom stereocenters. The first-order valence-electron chi connectivity index (χ1n) is 11.4. The van der Waals surface area contributed by atoms with Gasteiger partial charge in [-0.2, -0.15) is 23.1 Å². The zero-order valence-corrected chi connectivity index (χ0v) is 20.1. The number of imidazole rings is 1. The summed E-state index contributed by atoms with van der Waals surface area (Å²) in [6, 6.07) is 12.3. The Kier molecular flexibility index (Phi) is 8.00. The molecule has 1 fully saturated rings. The monoisotopic (exact) mass is 533 g/mol. The molecule has 1 saturated heterocycles. The zero-order chi connectivity index (χ0) is 27.3. The van der Waals surface area contributed by atoms with E-state index in [0.29, 0.717) is 61.5 Å². The Balaban J connectivity index is 0.000000426. The van der Waals surface area contributed by atoms with E-state index in [4.69, 9.17) is 24.6 Å². The summed E-state index contributed by atoms with van der Waals surface area (Å²) < 4.78 is 52.8. The summed E-state index contributed by atoms with van der Waals surface area (Å²) in [5, 5.41) is 10.5. The van der Waals surface area contributed by atoms with Crippen molar-refractivity contribution in [3.05, 3.63) is 66.0 Å². The van der Waals surface area contributed by atoms with Crippen molar-refractivity contribution in [2.24, 2.45) is 0 Å². The maximum Gasteiger partial charge on any atom is 0.490 e. The molecule has 0 radical (unpaired) electrons. The summed E-state index contributed by atoms with van der Waals surface area (Å²) in [5.41, 5.74) is 3.75. The number of aliphatic carboxylic acids is 1. The average molecular weight is 533 g/mol. The fraction of sp³-hybridized carbons (Fsp3) is 0.292. The standard InChI is InChI=1S/C22H22FN7O.C2HF3O2/c1-15-4-2-6-17(26-15)13-24-20-19-21(28-22(27-20)29-8-10-31-11-9-29)30(14-25-19)18-7-3-5-16(23)12-18;3-2(4,5)1(6)7/h2-7,12,14H,8-11,13H2,1H3,(H,24,27,28);(H,6,7). The lowest BCUT2D eigenvalue weighted by Gasteiger charge is -2.27. The van der Waals surface area contributed by atoms with Gasteiger partial charge in [0.15, 0.2) is 17.0 Å².